The van der Waals surface area contributed by atoms with Crippen LogP contribution in [0.15, 0.2) is 60.8 Å². The normalized spacial score (nSPS) is 14.4. The van der Waals surface area contributed by atoms with Gasteiger partial charge in [0.15, 0.2) is 5.13 Å². The second-order valence-corrected chi connectivity index (χ2v) is 10.9. The van der Waals surface area contributed by atoms with Crippen LogP contribution < -0.4 is 15.0 Å². The second kappa shape index (κ2) is 13.0. The number of nitrogens with one attached hydrogen (secondary N) is 1. The highest BCUT2D eigenvalue weighted by Gasteiger charge is 2.27. The number of carbonyl (C=O) groups is 1. The number of carbonyl (C=O) groups excluding carboxylic acids is 1. The van der Waals surface area contributed by atoms with Crippen LogP contribution in [0.3, 0.4) is 0 Å². The molecule has 3 aromatic heterocycles. The van der Waals surface area contributed by atoms with E-state index in [4.69, 9.17) is 9.47 Å². The van der Waals surface area contributed by atoms with E-state index in [1.165, 1.54) is 37.0 Å². The highest BCUT2D eigenvalue weighted by Crippen LogP contribution is 2.36. The molecule has 0 saturated heterocycles. The number of anilines is 2. The third-order valence-electron chi connectivity index (χ3n) is 7.33. The molecule has 0 spiro atoms. The fourth-order valence-corrected chi connectivity index (χ4v) is 6.07. The standard InChI is InChI=1S/C30H35N5O3S/c1-37-18-17-35(20-23-9-5-6-16-31-23)24-12-10-22(11-13-24)25(19-21-7-3-4-8-21)28(36)34-30-32-26-14-15-27(38-2)33-29(26)39-30/h5-6,9-16,21,25H,3-4,7-8,17-20H2,1-2H3,(H,32,34,36). The number of nitrogens with zero attached hydrogens (tertiary/aromatic N) is 4. The first-order valence-corrected chi connectivity index (χ1v) is 14.3. The van der Waals surface area contributed by atoms with Crippen molar-refractivity contribution in [3.63, 3.8) is 0 Å². The van der Waals surface area contributed by atoms with Gasteiger partial charge in [0, 0.05) is 31.6 Å². The molecular weight excluding hydrogens is 510 g/mol. The predicted octanol–water partition coefficient (Wildman–Crippen LogP) is 6.05. The maximum atomic E-state index is 13.7. The lowest BCUT2D eigenvalue weighted by atomic mass is 9.87. The Morgan fingerprint density at radius 3 is 2.62 bits per heavy atom. The summed E-state index contributed by atoms with van der Waals surface area (Å²) in [5.74, 6) is 0.820. The lowest BCUT2D eigenvalue weighted by Crippen LogP contribution is -2.27. The lowest BCUT2D eigenvalue weighted by Gasteiger charge is -2.25. The van der Waals surface area contributed by atoms with Gasteiger partial charge in [-0.25, -0.2) is 9.97 Å². The first-order chi connectivity index (χ1) is 19.1. The predicted molar refractivity (Wildman–Crippen MR) is 156 cm³/mol. The van der Waals surface area contributed by atoms with Gasteiger partial charge in [-0.3, -0.25) is 9.78 Å². The van der Waals surface area contributed by atoms with Crippen LogP contribution in [0.2, 0.25) is 0 Å². The average molecular weight is 546 g/mol. The van der Waals surface area contributed by atoms with E-state index in [1.54, 1.807) is 20.3 Å². The first kappa shape index (κ1) is 27.0. The number of fused-ring (bicyclic) bond motifs is 1. The van der Waals surface area contributed by atoms with Gasteiger partial charge in [-0.1, -0.05) is 55.2 Å². The molecule has 8 nitrogen and oxygen atoms in total. The van der Waals surface area contributed by atoms with Crippen LogP contribution in [0.4, 0.5) is 10.8 Å². The van der Waals surface area contributed by atoms with Crippen LogP contribution in [0.25, 0.3) is 10.3 Å². The van der Waals surface area contributed by atoms with Gasteiger partial charge in [0.2, 0.25) is 11.8 Å². The Kier molecular flexibility index (Phi) is 9.00. The molecule has 0 aliphatic heterocycles. The summed E-state index contributed by atoms with van der Waals surface area (Å²) in [4.78, 5) is 30.2. The van der Waals surface area contributed by atoms with Crippen molar-refractivity contribution < 1.29 is 14.3 Å². The zero-order chi connectivity index (χ0) is 27.0. The van der Waals surface area contributed by atoms with Crippen molar-refractivity contribution in [3.8, 4) is 5.88 Å². The Morgan fingerprint density at radius 1 is 1.08 bits per heavy atom. The SMILES string of the molecule is COCCN(Cc1ccccn1)c1ccc(C(CC2CCCC2)C(=O)Nc2nc3ccc(OC)nc3s2)cc1. The van der Waals surface area contributed by atoms with Gasteiger partial charge in [-0.05, 0) is 48.2 Å². The third kappa shape index (κ3) is 6.91. The molecule has 1 N–H and O–H groups in total. The Morgan fingerprint density at radius 2 is 1.90 bits per heavy atom. The quantitative estimate of drug-likeness (QED) is 0.232. The molecule has 1 aliphatic rings. The first-order valence-electron chi connectivity index (χ1n) is 13.5. The topological polar surface area (TPSA) is 89.5 Å². The zero-order valence-corrected chi connectivity index (χ0v) is 23.3. The molecule has 1 saturated carbocycles. The number of rotatable bonds is 12. The van der Waals surface area contributed by atoms with Crippen LogP contribution in [0.5, 0.6) is 5.88 Å². The molecule has 5 rings (SSSR count). The fraction of sp³-hybridized carbons (Fsp3) is 0.400. The molecule has 4 aromatic rings. The molecule has 1 aliphatic carbocycles. The molecule has 39 heavy (non-hydrogen) atoms. The number of hydrogen-bond acceptors (Lipinski definition) is 8. The van der Waals surface area contributed by atoms with Crippen molar-refractivity contribution in [2.75, 3.05) is 37.6 Å². The molecule has 0 radical (unpaired) electrons. The monoisotopic (exact) mass is 545 g/mol. The summed E-state index contributed by atoms with van der Waals surface area (Å²) >= 11 is 1.37. The third-order valence-corrected chi connectivity index (χ3v) is 8.21. The van der Waals surface area contributed by atoms with Crippen molar-refractivity contribution in [2.45, 2.75) is 44.6 Å². The summed E-state index contributed by atoms with van der Waals surface area (Å²) in [5.41, 5.74) is 3.84. The summed E-state index contributed by atoms with van der Waals surface area (Å²) in [6.45, 7) is 2.05. The Labute approximate surface area is 233 Å². The van der Waals surface area contributed by atoms with Gasteiger partial charge in [-0.15, -0.1) is 0 Å². The Bertz CT molecular complexity index is 1360. The zero-order valence-electron chi connectivity index (χ0n) is 22.5. The van der Waals surface area contributed by atoms with Gasteiger partial charge in [0.05, 0.1) is 31.9 Å². The smallest absolute Gasteiger partial charge is 0.233 e. The molecule has 1 amide bonds. The van der Waals surface area contributed by atoms with Gasteiger partial charge in [0.25, 0.3) is 0 Å². The van der Waals surface area contributed by atoms with Gasteiger partial charge < -0.3 is 19.7 Å². The van der Waals surface area contributed by atoms with Crippen molar-refractivity contribution in [2.24, 2.45) is 5.92 Å². The minimum absolute atomic E-state index is 0.0228. The highest BCUT2D eigenvalue weighted by molar-refractivity contribution is 7.21. The summed E-state index contributed by atoms with van der Waals surface area (Å²) in [6.07, 6.45) is 7.50. The van der Waals surface area contributed by atoms with Gasteiger partial charge in [-0.2, -0.15) is 0 Å². The largest absolute Gasteiger partial charge is 0.481 e. The maximum absolute atomic E-state index is 13.7. The van der Waals surface area contributed by atoms with Crippen LogP contribution in [-0.2, 0) is 16.1 Å². The molecule has 204 valence electrons. The Hall–Kier alpha value is -3.56. The minimum Gasteiger partial charge on any atom is -0.481 e. The summed E-state index contributed by atoms with van der Waals surface area (Å²) in [6, 6.07) is 18.0. The number of benzene rings is 1. The summed E-state index contributed by atoms with van der Waals surface area (Å²) < 4.78 is 10.6. The van der Waals surface area contributed by atoms with E-state index in [1.807, 2.05) is 30.5 Å². The fourth-order valence-electron chi connectivity index (χ4n) is 5.24. The second-order valence-electron chi connectivity index (χ2n) is 9.95. The molecule has 0 bridgehead atoms. The van der Waals surface area contributed by atoms with Crippen molar-refractivity contribution >= 4 is 38.4 Å². The maximum Gasteiger partial charge on any atom is 0.233 e. The molecule has 3 heterocycles. The van der Waals surface area contributed by atoms with Gasteiger partial charge in [0.1, 0.15) is 10.3 Å². The van der Waals surface area contributed by atoms with E-state index in [-0.39, 0.29) is 11.8 Å². The van der Waals surface area contributed by atoms with Gasteiger partial charge >= 0.3 is 0 Å². The van der Waals surface area contributed by atoms with E-state index in [2.05, 4.69) is 49.4 Å². The van der Waals surface area contributed by atoms with Crippen LogP contribution >= 0.6 is 11.3 Å². The van der Waals surface area contributed by atoms with E-state index >= 15 is 0 Å². The molecule has 9 heteroatoms. The number of pyridine rings is 2. The number of hydrogen-bond donors (Lipinski definition) is 1. The van der Waals surface area contributed by atoms with E-state index in [0.29, 0.717) is 30.1 Å². The van der Waals surface area contributed by atoms with Crippen molar-refractivity contribution in [1.82, 2.24) is 15.0 Å². The molecule has 1 aromatic carbocycles. The van der Waals surface area contributed by atoms with Crippen molar-refractivity contribution in [1.29, 1.82) is 0 Å². The van der Waals surface area contributed by atoms with Crippen molar-refractivity contribution in [3.05, 3.63) is 72.1 Å². The van der Waals surface area contributed by atoms with E-state index < -0.39 is 0 Å². The lowest BCUT2D eigenvalue weighted by molar-refractivity contribution is -0.118. The molecule has 1 atom stereocenters. The van der Waals surface area contributed by atoms with Crippen LogP contribution in [0.1, 0.15) is 49.3 Å². The van der Waals surface area contributed by atoms with Crippen LogP contribution in [0, 0.1) is 5.92 Å². The molecule has 1 unspecified atom stereocenters. The average Bonchev–Trinajstić information content (AvgIpc) is 3.63. The molecular formula is C30H35N5O3S. The number of methoxy groups -OCH3 is 2. The number of thiazole rings is 1. The Balaban J connectivity index is 1.36. The highest BCUT2D eigenvalue weighted by atomic mass is 32.1. The number of amides is 1. The summed E-state index contributed by atoms with van der Waals surface area (Å²) in [5, 5.41) is 3.65. The number of ether oxygens (including phenoxy) is 2. The van der Waals surface area contributed by atoms with Crippen LogP contribution in [-0.4, -0.2) is 48.2 Å². The van der Waals surface area contributed by atoms with E-state index in [0.717, 1.165) is 40.3 Å². The van der Waals surface area contributed by atoms with E-state index in [9.17, 15) is 4.79 Å². The number of aromatic nitrogens is 3. The summed E-state index contributed by atoms with van der Waals surface area (Å²) in [7, 11) is 3.30. The minimum atomic E-state index is -0.250. The molecule has 1 fully saturated rings.